The van der Waals surface area contributed by atoms with Crippen LogP contribution in [0.5, 0.6) is 0 Å². The summed E-state index contributed by atoms with van der Waals surface area (Å²) < 4.78 is 0. The van der Waals surface area contributed by atoms with Crippen LogP contribution in [0, 0.1) is 6.92 Å². The average Bonchev–Trinajstić information content (AvgIpc) is 2.95. The smallest absolute Gasteiger partial charge is 0.0424 e. The van der Waals surface area contributed by atoms with E-state index in [0.717, 1.165) is 19.5 Å². The van der Waals surface area contributed by atoms with Crippen LogP contribution in [0.2, 0.25) is 0 Å². The molecule has 0 aromatic heterocycles. The van der Waals surface area contributed by atoms with Gasteiger partial charge in [-0.05, 0) is 42.2 Å². The van der Waals surface area contributed by atoms with Crippen molar-refractivity contribution >= 4 is 17.1 Å². The van der Waals surface area contributed by atoms with Gasteiger partial charge in [0.2, 0.25) is 0 Å². The Labute approximate surface area is 127 Å². The summed E-state index contributed by atoms with van der Waals surface area (Å²) in [7, 11) is 4.17. The van der Waals surface area contributed by atoms with Crippen LogP contribution in [-0.4, -0.2) is 20.6 Å². The summed E-state index contributed by atoms with van der Waals surface area (Å²) in [6.07, 6.45) is 1.14. The lowest BCUT2D eigenvalue weighted by Gasteiger charge is -2.18. The first-order valence-electron chi connectivity index (χ1n) is 7.51. The van der Waals surface area contributed by atoms with Gasteiger partial charge in [0, 0.05) is 44.2 Å². The van der Waals surface area contributed by atoms with E-state index in [2.05, 4.69) is 73.0 Å². The molecule has 0 atom stereocenters. The van der Waals surface area contributed by atoms with Gasteiger partial charge in [-0.2, -0.15) is 0 Å². The molecule has 3 heteroatoms. The molecule has 0 bridgehead atoms. The van der Waals surface area contributed by atoms with Crippen molar-refractivity contribution in [3.63, 3.8) is 0 Å². The topological polar surface area (TPSA) is 27.3 Å². The molecule has 2 aromatic carbocycles. The molecule has 0 unspecified atom stereocenters. The highest BCUT2D eigenvalue weighted by atomic mass is 15.1. The third-order valence-corrected chi connectivity index (χ3v) is 4.11. The quantitative estimate of drug-likeness (QED) is 0.896. The number of hydrogen-bond donors (Lipinski definition) is 2. The third-order valence-electron chi connectivity index (χ3n) is 4.11. The Hall–Kier alpha value is -2.16. The summed E-state index contributed by atoms with van der Waals surface area (Å²) in [6.45, 7) is 4.06. The molecule has 0 fully saturated rings. The van der Waals surface area contributed by atoms with Crippen molar-refractivity contribution in [3.05, 3.63) is 53.1 Å². The van der Waals surface area contributed by atoms with E-state index in [9.17, 15) is 0 Å². The zero-order valence-electron chi connectivity index (χ0n) is 13.0. The average molecular weight is 281 g/mol. The lowest BCUT2D eigenvalue weighted by atomic mass is 10.1. The van der Waals surface area contributed by atoms with Crippen molar-refractivity contribution in [3.8, 4) is 0 Å². The zero-order chi connectivity index (χ0) is 14.8. The van der Waals surface area contributed by atoms with Gasteiger partial charge < -0.3 is 15.5 Å². The highest BCUT2D eigenvalue weighted by Gasteiger charge is 2.13. The van der Waals surface area contributed by atoms with E-state index in [0.29, 0.717) is 0 Å². The van der Waals surface area contributed by atoms with Crippen LogP contribution < -0.4 is 15.5 Å². The molecular formula is C18H23N3. The molecule has 2 aromatic rings. The second-order valence-electron chi connectivity index (χ2n) is 5.88. The Balaban J connectivity index is 1.77. The van der Waals surface area contributed by atoms with Crippen molar-refractivity contribution in [2.24, 2.45) is 0 Å². The van der Waals surface area contributed by atoms with Crippen molar-refractivity contribution in [1.29, 1.82) is 0 Å². The van der Waals surface area contributed by atoms with Crippen molar-refractivity contribution < 1.29 is 0 Å². The lowest BCUT2D eigenvalue weighted by Crippen LogP contribution is -2.11. The molecule has 0 radical (unpaired) electrons. The molecular weight excluding hydrogens is 258 g/mol. The number of nitrogens with zero attached hydrogens (tertiary/aromatic N) is 1. The first-order chi connectivity index (χ1) is 10.1. The van der Waals surface area contributed by atoms with Crippen molar-refractivity contribution in [2.75, 3.05) is 36.2 Å². The minimum Gasteiger partial charge on any atom is -0.384 e. The molecule has 0 saturated carbocycles. The van der Waals surface area contributed by atoms with Gasteiger partial charge in [-0.1, -0.05) is 24.3 Å². The minimum atomic E-state index is 0.853. The lowest BCUT2D eigenvalue weighted by molar-refractivity contribution is 1.10. The van der Waals surface area contributed by atoms with Crippen LogP contribution in [0.25, 0.3) is 0 Å². The molecule has 2 N–H and O–H groups in total. The van der Waals surface area contributed by atoms with E-state index >= 15 is 0 Å². The molecule has 110 valence electrons. The molecule has 0 aliphatic carbocycles. The zero-order valence-corrected chi connectivity index (χ0v) is 13.0. The molecule has 1 aliphatic rings. The van der Waals surface area contributed by atoms with Gasteiger partial charge in [0.05, 0.1) is 0 Å². The second kappa shape index (κ2) is 5.68. The molecule has 0 spiro atoms. The van der Waals surface area contributed by atoms with Gasteiger partial charge in [-0.3, -0.25) is 0 Å². The SMILES string of the molecule is Cc1ccc(NCc2cccc3c2NCC3)cc1N(C)C. The number of nitrogens with one attached hydrogen (secondary N) is 2. The number of fused-ring (bicyclic) bond motifs is 1. The Bertz CT molecular complexity index is 647. The Morgan fingerprint density at radius 1 is 1.19 bits per heavy atom. The standard InChI is InChI=1S/C18H23N3/c1-13-7-8-16(11-17(13)21(2)3)20-12-15-6-4-5-14-9-10-19-18(14)15/h4-8,11,19-20H,9-10,12H2,1-3H3. The number of rotatable bonds is 4. The fourth-order valence-corrected chi connectivity index (χ4v) is 2.96. The molecule has 0 amide bonds. The highest BCUT2D eigenvalue weighted by Crippen LogP contribution is 2.28. The highest BCUT2D eigenvalue weighted by molar-refractivity contribution is 5.64. The maximum absolute atomic E-state index is 3.55. The van der Waals surface area contributed by atoms with Crippen LogP contribution in [0.15, 0.2) is 36.4 Å². The largest absolute Gasteiger partial charge is 0.384 e. The molecule has 1 heterocycles. The van der Waals surface area contributed by atoms with E-state index in [1.54, 1.807) is 0 Å². The van der Waals surface area contributed by atoms with E-state index in [1.165, 1.54) is 33.8 Å². The summed E-state index contributed by atoms with van der Waals surface area (Å²) in [5, 5.41) is 7.04. The number of benzene rings is 2. The van der Waals surface area contributed by atoms with Crippen molar-refractivity contribution in [2.45, 2.75) is 19.9 Å². The van der Waals surface area contributed by atoms with Crippen LogP contribution in [0.3, 0.4) is 0 Å². The summed E-state index contributed by atoms with van der Waals surface area (Å²) in [5.41, 5.74) is 7.83. The van der Waals surface area contributed by atoms with Gasteiger partial charge >= 0.3 is 0 Å². The van der Waals surface area contributed by atoms with Crippen molar-refractivity contribution in [1.82, 2.24) is 0 Å². The number of anilines is 3. The van der Waals surface area contributed by atoms with Gasteiger partial charge in [-0.15, -0.1) is 0 Å². The Morgan fingerprint density at radius 2 is 2.05 bits per heavy atom. The molecule has 3 rings (SSSR count). The predicted octanol–water partition coefficient (Wildman–Crippen LogP) is 3.64. The monoisotopic (exact) mass is 281 g/mol. The molecule has 3 nitrogen and oxygen atoms in total. The first kappa shape index (κ1) is 13.8. The van der Waals surface area contributed by atoms with Gasteiger partial charge in [0.25, 0.3) is 0 Å². The van der Waals surface area contributed by atoms with Crippen LogP contribution in [0.1, 0.15) is 16.7 Å². The fraction of sp³-hybridized carbons (Fsp3) is 0.333. The normalized spacial score (nSPS) is 12.7. The predicted molar refractivity (Wildman–Crippen MR) is 91.5 cm³/mol. The third kappa shape index (κ3) is 2.82. The summed E-state index contributed by atoms with van der Waals surface area (Å²) in [5.74, 6) is 0. The van der Waals surface area contributed by atoms with E-state index in [4.69, 9.17) is 0 Å². The molecule has 1 aliphatic heterocycles. The Kier molecular flexibility index (Phi) is 3.74. The van der Waals surface area contributed by atoms with E-state index < -0.39 is 0 Å². The second-order valence-corrected chi connectivity index (χ2v) is 5.88. The van der Waals surface area contributed by atoms with Gasteiger partial charge in [-0.25, -0.2) is 0 Å². The first-order valence-corrected chi connectivity index (χ1v) is 7.51. The van der Waals surface area contributed by atoms with Crippen LogP contribution >= 0.6 is 0 Å². The van der Waals surface area contributed by atoms with Crippen LogP contribution in [-0.2, 0) is 13.0 Å². The molecule has 0 saturated heterocycles. The Morgan fingerprint density at radius 3 is 2.86 bits per heavy atom. The van der Waals surface area contributed by atoms with Gasteiger partial charge in [0.15, 0.2) is 0 Å². The summed E-state index contributed by atoms with van der Waals surface area (Å²) >= 11 is 0. The number of hydrogen-bond acceptors (Lipinski definition) is 3. The summed E-state index contributed by atoms with van der Waals surface area (Å²) in [6, 6.07) is 13.1. The maximum atomic E-state index is 3.55. The van der Waals surface area contributed by atoms with E-state index in [-0.39, 0.29) is 0 Å². The number of para-hydroxylation sites is 1. The van der Waals surface area contributed by atoms with Crippen LogP contribution in [0.4, 0.5) is 17.1 Å². The fourth-order valence-electron chi connectivity index (χ4n) is 2.96. The van der Waals surface area contributed by atoms with E-state index in [1.807, 2.05) is 0 Å². The summed E-state index contributed by atoms with van der Waals surface area (Å²) in [4.78, 5) is 2.16. The van der Waals surface area contributed by atoms with Gasteiger partial charge in [0.1, 0.15) is 0 Å². The maximum Gasteiger partial charge on any atom is 0.0424 e. The number of aryl methyl sites for hydroxylation is 1. The minimum absolute atomic E-state index is 0.853. The molecule has 21 heavy (non-hydrogen) atoms.